The Hall–Kier alpha value is -2.51. The van der Waals surface area contributed by atoms with Gasteiger partial charge in [0, 0.05) is 21.0 Å². The average molecular weight is 471 g/mol. The average Bonchev–Trinajstić information content (AvgIpc) is 3.13. The SMILES string of the molecule is Cc1cc(Cl)ccc1C1=N[C@@H](CC(=O)OC(C)(C)C)c2nnc(C)n2-c2sc(C)c(C)c21. The van der Waals surface area contributed by atoms with Crippen LogP contribution < -0.4 is 0 Å². The number of ether oxygens (including phenoxy) is 1. The molecular formula is C24H27ClN4O2S. The van der Waals surface area contributed by atoms with E-state index in [9.17, 15) is 4.79 Å². The van der Waals surface area contributed by atoms with Crippen molar-refractivity contribution in [3.8, 4) is 5.00 Å². The summed E-state index contributed by atoms with van der Waals surface area (Å²) in [5, 5.41) is 10.5. The van der Waals surface area contributed by atoms with Crippen molar-refractivity contribution in [2.45, 2.75) is 66.5 Å². The van der Waals surface area contributed by atoms with Crippen molar-refractivity contribution in [3.05, 3.63) is 62.0 Å². The number of halogens is 1. The number of esters is 1. The molecule has 0 N–H and O–H groups in total. The van der Waals surface area contributed by atoms with Crippen LogP contribution in [0.1, 0.15) is 72.0 Å². The monoisotopic (exact) mass is 470 g/mol. The van der Waals surface area contributed by atoms with Crippen LogP contribution in [0, 0.1) is 27.7 Å². The summed E-state index contributed by atoms with van der Waals surface area (Å²) in [5.41, 5.74) is 4.49. The van der Waals surface area contributed by atoms with E-state index in [4.69, 9.17) is 21.3 Å². The maximum Gasteiger partial charge on any atom is 0.308 e. The van der Waals surface area contributed by atoms with Gasteiger partial charge in [0.25, 0.3) is 0 Å². The number of thiophene rings is 1. The number of aryl methyl sites for hydroxylation is 3. The third-order valence-corrected chi connectivity index (χ3v) is 6.89. The van der Waals surface area contributed by atoms with Gasteiger partial charge in [-0.15, -0.1) is 21.5 Å². The Morgan fingerprint density at radius 2 is 1.91 bits per heavy atom. The minimum atomic E-state index is -0.572. The Balaban J connectivity index is 1.95. The van der Waals surface area contributed by atoms with E-state index in [2.05, 4.69) is 24.0 Å². The van der Waals surface area contributed by atoms with Gasteiger partial charge in [0.2, 0.25) is 0 Å². The summed E-state index contributed by atoms with van der Waals surface area (Å²) >= 11 is 7.93. The zero-order valence-corrected chi connectivity index (χ0v) is 21.0. The summed E-state index contributed by atoms with van der Waals surface area (Å²) in [4.78, 5) is 19.1. The van der Waals surface area contributed by atoms with Crippen molar-refractivity contribution in [3.63, 3.8) is 0 Å². The molecule has 3 heterocycles. The molecule has 168 valence electrons. The predicted molar refractivity (Wildman–Crippen MR) is 128 cm³/mol. The van der Waals surface area contributed by atoms with E-state index < -0.39 is 11.6 Å². The van der Waals surface area contributed by atoms with Gasteiger partial charge in [-0.25, -0.2) is 0 Å². The van der Waals surface area contributed by atoms with Crippen LogP contribution in [0.15, 0.2) is 23.2 Å². The van der Waals surface area contributed by atoms with Gasteiger partial charge < -0.3 is 4.74 Å². The molecule has 1 aliphatic rings. The zero-order chi connectivity index (χ0) is 23.4. The quantitative estimate of drug-likeness (QED) is 0.451. The first-order chi connectivity index (χ1) is 15.0. The molecule has 32 heavy (non-hydrogen) atoms. The normalized spacial score (nSPS) is 15.6. The second-order valence-corrected chi connectivity index (χ2v) is 10.8. The van der Waals surface area contributed by atoms with E-state index in [1.165, 1.54) is 4.88 Å². The summed E-state index contributed by atoms with van der Waals surface area (Å²) in [6.45, 7) is 13.8. The van der Waals surface area contributed by atoms with Gasteiger partial charge in [0.15, 0.2) is 5.82 Å². The van der Waals surface area contributed by atoms with E-state index in [-0.39, 0.29) is 12.4 Å². The van der Waals surface area contributed by atoms with E-state index in [1.807, 2.05) is 57.4 Å². The number of aromatic nitrogens is 3. The van der Waals surface area contributed by atoms with Gasteiger partial charge in [0.05, 0.1) is 12.1 Å². The molecule has 0 aliphatic carbocycles. The summed E-state index contributed by atoms with van der Waals surface area (Å²) in [7, 11) is 0. The molecule has 6 nitrogen and oxygen atoms in total. The van der Waals surface area contributed by atoms with Crippen LogP contribution in [0.4, 0.5) is 0 Å². The molecule has 0 saturated heterocycles. The highest BCUT2D eigenvalue weighted by atomic mass is 35.5. The molecule has 8 heteroatoms. The van der Waals surface area contributed by atoms with Crippen LogP contribution in [0.25, 0.3) is 5.00 Å². The molecule has 0 spiro atoms. The number of hydrogen-bond donors (Lipinski definition) is 0. The number of fused-ring (bicyclic) bond motifs is 3. The number of benzene rings is 1. The first-order valence-electron chi connectivity index (χ1n) is 10.5. The van der Waals surface area contributed by atoms with Crippen LogP contribution in [0.3, 0.4) is 0 Å². The van der Waals surface area contributed by atoms with E-state index >= 15 is 0 Å². The lowest BCUT2D eigenvalue weighted by Crippen LogP contribution is -2.25. The van der Waals surface area contributed by atoms with Gasteiger partial charge in [-0.2, -0.15) is 0 Å². The fourth-order valence-corrected chi connectivity index (χ4v) is 5.38. The van der Waals surface area contributed by atoms with Crippen LogP contribution in [-0.4, -0.2) is 32.0 Å². The zero-order valence-electron chi connectivity index (χ0n) is 19.4. The minimum absolute atomic E-state index is 0.0819. The summed E-state index contributed by atoms with van der Waals surface area (Å²) < 4.78 is 7.64. The summed E-state index contributed by atoms with van der Waals surface area (Å²) in [6, 6.07) is 5.29. The van der Waals surface area contributed by atoms with Crippen molar-refractivity contribution >= 4 is 34.6 Å². The predicted octanol–water partition coefficient (Wildman–Crippen LogP) is 5.84. The standard InChI is InChI=1S/C24H27ClN4O2S/c1-12-10-16(25)8-9-17(12)21-20-13(2)14(3)32-23(20)29-15(4)27-28-22(29)18(26-21)11-19(30)31-24(5,6)7/h8-10,18H,11H2,1-7H3/t18-/m0/s1. The number of rotatable bonds is 3. The molecule has 1 aliphatic heterocycles. The van der Waals surface area contributed by atoms with Crippen LogP contribution >= 0.6 is 22.9 Å². The molecule has 1 aromatic carbocycles. The Morgan fingerprint density at radius 1 is 1.19 bits per heavy atom. The molecular weight excluding hydrogens is 444 g/mol. The molecule has 1 atom stereocenters. The summed E-state index contributed by atoms with van der Waals surface area (Å²) in [6.07, 6.45) is 0.0819. The highest BCUT2D eigenvalue weighted by Gasteiger charge is 2.33. The molecule has 0 bridgehead atoms. The van der Waals surface area contributed by atoms with Gasteiger partial charge in [-0.3, -0.25) is 14.4 Å². The molecule has 0 unspecified atom stereocenters. The topological polar surface area (TPSA) is 69.4 Å². The van der Waals surface area contributed by atoms with Gasteiger partial charge in [0.1, 0.15) is 22.5 Å². The fraction of sp³-hybridized carbons (Fsp3) is 0.417. The molecule has 4 rings (SSSR count). The van der Waals surface area contributed by atoms with Crippen molar-refractivity contribution in [2.75, 3.05) is 0 Å². The Bertz CT molecular complexity index is 1250. The maximum atomic E-state index is 12.8. The van der Waals surface area contributed by atoms with Gasteiger partial charge >= 0.3 is 5.97 Å². The molecule has 3 aromatic rings. The third-order valence-electron chi connectivity index (χ3n) is 5.46. The Morgan fingerprint density at radius 3 is 2.56 bits per heavy atom. The van der Waals surface area contributed by atoms with Crippen molar-refractivity contribution in [2.24, 2.45) is 4.99 Å². The van der Waals surface area contributed by atoms with E-state index in [1.54, 1.807) is 11.3 Å². The Labute approximate surface area is 197 Å². The van der Waals surface area contributed by atoms with Crippen LogP contribution in [0.2, 0.25) is 5.02 Å². The maximum absolute atomic E-state index is 12.8. The lowest BCUT2D eigenvalue weighted by atomic mass is 9.96. The first kappa shape index (κ1) is 22.7. The molecule has 0 radical (unpaired) electrons. The largest absolute Gasteiger partial charge is 0.460 e. The van der Waals surface area contributed by atoms with Gasteiger partial charge in [-0.05, 0) is 71.7 Å². The second-order valence-electron chi connectivity index (χ2n) is 9.15. The number of aliphatic imine (C=N–C) groups is 1. The number of carbonyl (C=O) groups is 1. The van der Waals surface area contributed by atoms with Crippen molar-refractivity contribution < 1.29 is 9.53 Å². The number of carbonyl (C=O) groups excluding carboxylic acids is 1. The van der Waals surface area contributed by atoms with E-state index in [0.717, 1.165) is 38.8 Å². The number of hydrogen-bond acceptors (Lipinski definition) is 6. The number of nitrogens with zero attached hydrogens (tertiary/aromatic N) is 4. The third kappa shape index (κ3) is 4.11. The Kier molecular flexibility index (Phi) is 5.75. The second kappa shape index (κ2) is 8.12. The summed E-state index contributed by atoms with van der Waals surface area (Å²) in [5.74, 6) is 1.10. The van der Waals surface area contributed by atoms with Gasteiger partial charge in [-0.1, -0.05) is 17.7 Å². The highest BCUT2D eigenvalue weighted by Crippen LogP contribution is 2.40. The highest BCUT2D eigenvalue weighted by molar-refractivity contribution is 7.15. The lowest BCUT2D eigenvalue weighted by Gasteiger charge is -2.21. The smallest absolute Gasteiger partial charge is 0.308 e. The fourth-order valence-electron chi connectivity index (χ4n) is 3.94. The molecule has 0 fully saturated rings. The van der Waals surface area contributed by atoms with Crippen molar-refractivity contribution in [1.29, 1.82) is 0 Å². The van der Waals surface area contributed by atoms with Crippen LogP contribution in [0.5, 0.6) is 0 Å². The van der Waals surface area contributed by atoms with E-state index in [0.29, 0.717) is 10.8 Å². The first-order valence-corrected chi connectivity index (χ1v) is 11.7. The van der Waals surface area contributed by atoms with Crippen molar-refractivity contribution in [1.82, 2.24) is 14.8 Å². The molecule has 2 aromatic heterocycles. The van der Waals surface area contributed by atoms with Crippen LogP contribution in [-0.2, 0) is 9.53 Å². The molecule has 0 saturated carbocycles. The lowest BCUT2D eigenvalue weighted by molar-refractivity contribution is -0.155. The molecule has 0 amide bonds. The minimum Gasteiger partial charge on any atom is -0.460 e.